The number of ether oxygens (including phenoxy) is 1. The molecule has 1 atom stereocenters. The van der Waals surface area contributed by atoms with Gasteiger partial charge in [0.2, 0.25) is 0 Å². The lowest BCUT2D eigenvalue weighted by Crippen LogP contribution is -2.29. The van der Waals surface area contributed by atoms with Crippen LogP contribution in [0, 0.1) is 0 Å². The molecule has 0 amide bonds. The molecule has 3 rings (SSSR count). The Morgan fingerprint density at radius 3 is 2.76 bits per heavy atom. The monoisotopic (exact) mass is 283 g/mol. The van der Waals surface area contributed by atoms with Crippen molar-refractivity contribution in [3.05, 3.63) is 42.5 Å². The van der Waals surface area contributed by atoms with Gasteiger partial charge in [-0.1, -0.05) is 25.1 Å². The summed E-state index contributed by atoms with van der Waals surface area (Å²) in [5.74, 6) is 0.889. The summed E-state index contributed by atoms with van der Waals surface area (Å²) in [6.07, 6.45) is 1.28. The maximum atomic E-state index is 5.98. The normalized spacial score (nSPS) is 12.9. The Hall–Kier alpha value is -2.00. The highest BCUT2D eigenvalue weighted by Gasteiger charge is 2.09. The van der Waals surface area contributed by atoms with Crippen LogP contribution < -0.4 is 10.1 Å². The Bertz CT molecular complexity index is 732. The van der Waals surface area contributed by atoms with Crippen molar-refractivity contribution in [2.45, 2.75) is 26.4 Å². The van der Waals surface area contributed by atoms with Crippen LogP contribution in [0.3, 0.4) is 0 Å². The quantitative estimate of drug-likeness (QED) is 0.683. The van der Waals surface area contributed by atoms with E-state index in [0.29, 0.717) is 0 Å². The number of hydrogen-bond acceptors (Lipinski definition) is 3. The smallest absolute Gasteiger partial charge is 0.135 e. The van der Waals surface area contributed by atoms with Crippen molar-refractivity contribution < 1.29 is 9.15 Å². The summed E-state index contributed by atoms with van der Waals surface area (Å²) in [4.78, 5) is 0. The van der Waals surface area contributed by atoms with Crippen LogP contribution in [0.5, 0.6) is 5.75 Å². The number of benzene rings is 2. The summed E-state index contributed by atoms with van der Waals surface area (Å²) in [5.41, 5.74) is 1.82. The number of fused-ring (bicyclic) bond motifs is 3. The van der Waals surface area contributed by atoms with E-state index in [-0.39, 0.29) is 6.10 Å². The molecule has 1 heterocycles. The zero-order chi connectivity index (χ0) is 14.7. The van der Waals surface area contributed by atoms with Crippen molar-refractivity contribution in [3.63, 3.8) is 0 Å². The van der Waals surface area contributed by atoms with Crippen LogP contribution in [0.4, 0.5) is 0 Å². The average molecular weight is 283 g/mol. The number of para-hydroxylation sites is 1. The number of nitrogens with one attached hydrogen (secondary N) is 1. The lowest BCUT2D eigenvalue weighted by atomic mass is 10.1. The zero-order valence-corrected chi connectivity index (χ0v) is 12.6. The predicted octanol–water partition coefficient (Wildman–Crippen LogP) is 4.35. The van der Waals surface area contributed by atoms with Crippen LogP contribution in [0.1, 0.15) is 20.3 Å². The second-order valence-electron chi connectivity index (χ2n) is 5.39. The molecule has 1 unspecified atom stereocenters. The van der Waals surface area contributed by atoms with Gasteiger partial charge in [0.15, 0.2) is 0 Å². The maximum Gasteiger partial charge on any atom is 0.135 e. The SMILES string of the molecule is CCCNCC(C)Oc1ccc2oc3ccccc3c2c1. The lowest BCUT2D eigenvalue weighted by Gasteiger charge is -2.15. The standard InChI is InChI=1S/C18H21NO2/c1-3-10-19-12-13(2)20-14-8-9-18-16(11-14)15-6-4-5-7-17(15)21-18/h4-9,11,13,19H,3,10,12H2,1-2H3. The molecular formula is C18H21NO2. The van der Waals surface area contributed by atoms with Crippen molar-refractivity contribution in [3.8, 4) is 5.75 Å². The Morgan fingerprint density at radius 1 is 1.10 bits per heavy atom. The summed E-state index contributed by atoms with van der Waals surface area (Å²) in [6.45, 7) is 6.13. The predicted molar refractivity (Wildman–Crippen MR) is 87.0 cm³/mol. The molecule has 2 aromatic carbocycles. The first-order chi connectivity index (χ1) is 10.3. The Labute approximate surface area is 124 Å². The second-order valence-corrected chi connectivity index (χ2v) is 5.39. The summed E-state index contributed by atoms with van der Waals surface area (Å²) in [5, 5.41) is 5.62. The molecule has 0 fully saturated rings. The molecule has 0 aliphatic rings. The molecule has 0 aliphatic heterocycles. The summed E-state index contributed by atoms with van der Waals surface area (Å²) >= 11 is 0. The van der Waals surface area contributed by atoms with Gasteiger partial charge in [0.05, 0.1) is 0 Å². The van der Waals surface area contributed by atoms with Crippen molar-refractivity contribution in [2.75, 3.05) is 13.1 Å². The van der Waals surface area contributed by atoms with Crippen molar-refractivity contribution in [1.82, 2.24) is 5.32 Å². The molecule has 1 aromatic heterocycles. The Kier molecular flexibility index (Phi) is 4.11. The average Bonchev–Trinajstić information content (AvgIpc) is 2.86. The molecule has 0 saturated carbocycles. The molecule has 3 heteroatoms. The van der Waals surface area contributed by atoms with Crippen LogP contribution in [-0.2, 0) is 0 Å². The fraction of sp³-hybridized carbons (Fsp3) is 0.333. The zero-order valence-electron chi connectivity index (χ0n) is 12.6. The minimum atomic E-state index is 0.146. The van der Waals surface area contributed by atoms with Gasteiger partial charge in [0.25, 0.3) is 0 Å². The first kappa shape index (κ1) is 14.0. The van der Waals surface area contributed by atoms with Crippen molar-refractivity contribution >= 4 is 21.9 Å². The Morgan fingerprint density at radius 2 is 1.90 bits per heavy atom. The third kappa shape index (κ3) is 3.03. The summed E-state index contributed by atoms with van der Waals surface area (Å²) in [7, 11) is 0. The minimum Gasteiger partial charge on any atom is -0.489 e. The molecule has 3 nitrogen and oxygen atoms in total. The van der Waals surface area contributed by atoms with Gasteiger partial charge >= 0.3 is 0 Å². The number of hydrogen-bond donors (Lipinski definition) is 1. The van der Waals surface area contributed by atoms with E-state index in [9.17, 15) is 0 Å². The molecule has 21 heavy (non-hydrogen) atoms. The molecular weight excluding hydrogens is 262 g/mol. The molecule has 0 spiro atoms. The van der Waals surface area contributed by atoms with Gasteiger partial charge in [-0.25, -0.2) is 0 Å². The van der Waals surface area contributed by atoms with Crippen LogP contribution in [0.2, 0.25) is 0 Å². The second kappa shape index (κ2) is 6.19. The summed E-state index contributed by atoms with van der Waals surface area (Å²) < 4.78 is 11.8. The van der Waals surface area contributed by atoms with Crippen LogP contribution >= 0.6 is 0 Å². The van der Waals surface area contributed by atoms with E-state index in [2.05, 4.69) is 31.3 Å². The van der Waals surface area contributed by atoms with E-state index in [1.807, 2.05) is 30.3 Å². The van der Waals surface area contributed by atoms with Crippen molar-refractivity contribution in [1.29, 1.82) is 0 Å². The highest BCUT2D eigenvalue weighted by atomic mass is 16.5. The fourth-order valence-corrected chi connectivity index (χ4v) is 2.53. The Balaban J connectivity index is 1.81. The highest BCUT2D eigenvalue weighted by molar-refractivity contribution is 6.05. The molecule has 0 radical (unpaired) electrons. The third-order valence-electron chi connectivity index (χ3n) is 3.54. The molecule has 110 valence electrons. The third-order valence-corrected chi connectivity index (χ3v) is 3.54. The molecule has 1 N–H and O–H groups in total. The number of rotatable bonds is 6. The van der Waals surface area contributed by atoms with Crippen LogP contribution in [0.15, 0.2) is 46.9 Å². The fourth-order valence-electron chi connectivity index (χ4n) is 2.53. The maximum absolute atomic E-state index is 5.98. The van der Waals surface area contributed by atoms with E-state index < -0.39 is 0 Å². The van der Waals surface area contributed by atoms with E-state index in [4.69, 9.17) is 9.15 Å². The largest absolute Gasteiger partial charge is 0.489 e. The van der Waals surface area contributed by atoms with E-state index in [1.54, 1.807) is 0 Å². The molecule has 0 saturated heterocycles. The van der Waals surface area contributed by atoms with Gasteiger partial charge in [0, 0.05) is 17.3 Å². The van der Waals surface area contributed by atoms with E-state index in [0.717, 1.165) is 47.2 Å². The first-order valence-electron chi connectivity index (χ1n) is 7.56. The minimum absolute atomic E-state index is 0.146. The molecule has 3 aromatic rings. The number of furan rings is 1. The van der Waals surface area contributed by atoms with Gasteiger partial charge in [-0.3, -0.25) is 0 Å². The topological polar surface area (TPSA) is 34.4 Å². The van der Waals surface area contributed by atoms with Crippen LogP contribution in [0.25, 0.3) is 21.9 Å². The summed E-state index contributed by atoms with van der Waals surface area (Å²) in [6, 6.07) is 14.1. The molecule has 0 aliphatic carbocycles. The van der Waals surface area contributed by atoms with Gasteiger partial charge in [0.1, 0.15) is 23.0 Å². The van der Waals surface area contributed by atoms with Crippen molar-refractivity contribution in [2.24, 2.45) is 0 Å². The lowest BCUT2D eigenvalue weighted by molar-refractivity contribution is 0.218. The first-order valence-corrected chi connectivity index (χ1v) is 7.56. The molecule has 0 bridgehead atoms. The highest BCUT2D eigenvalue weighted by Crippen LogP contribution is 2.31. The van der Waals surface area contributed by atoms with Crippen LogP contribution in [-0.4, -0.2) is 19.2 Å². The van der Waals surface area contributed by atoms with Gasteiger partial charge < -0.3 is 14.5 Å². The van der Waals surface area contributed by atoms with E-state index in [1.165, 1.54) is 0 Å². The van der Waals surface area contributed by atoms with Gasteiger partial charge in [-0.2, -0.15) is 0 Å². The van der Waals surface area contributed by atoms with Gasteiger partial charge in [-0.05, 0) is 44.2 Å². The van der Waals surface area contributed by atoms with E-state index >= 15 is 0 Å². The van der Waals surface area contributed by atoms with Gasteiger partial charge in [-0.15, -0.1) is 0 Å².